The Hall–Kier alpha value is -1.97. The Morgan fingerprint density at radius 1 is 1.20 bits per heavy atom. The molecule has 106 valence electrons. The van der Waals surface area contributed by atoms with Crippen molar-refractivity contribution in [2.75, 3.05) is 5.32 Å². The van der Waals surface area contributed by atoms with Crippen molar-refractivity contribution in [2.45, 2.75) is 38.6 Å². The predicted octanol–water partition coefficient (Wildman–Crippen LogP) is 3.87. The minimum absolute atomic E-state index is 0.101. The maximum absolute atomic E-state index is 12.0. The van der Waals surface area contributed by atoms with Crippen LogP contribution in [0, 0.1) is 5.92 Å². The van der Waals surface area contributed by atoms with E-state index in [2.05, 4.69) is 22.5 Å². The fourth-order valence-electron chi connectivity index (χ4n) is 2.88. The average Bonchev–Trinajstić information content (AvgIpc) is 2.89. The highest BCUT2D eigenvalue weighted by Gasteiger charge is 2.19. The third-order valence-electron chi connectivity index (χ3n) is 4.16. The van der Waals surface area contributed by atoms with E-state index >= 15 is 0 Å². The number of hydrogen-bond donors (Lipinski definition) is 3. The lowest BCUT2D eigenvalue weighted by atomic mass is 9.87. The van der Waals surface area contributed by atoms with Gasteiger partial charge in [0.05, 0.1) is 0 Å². The van der Waals surface area contributed by atoms with Crippen LogP contribution in [0.1, 0.15) is 32.6 Å². The van der Waals surface area contributed by atoms with Gasteiger partial charge in [-0.05, 0) is 55.2 Å². The van der Waals surface area contributed by atoms with Gasteiger partial charge in [-0.15, -0.1) is 0 Å². The number of amides is 2. The van der Waals surface area contributed by atoms with E-state index in [1.54, 1.807) is 0 Å². The normalized spacial score (nSPS) is 22.6. The average molecular weight is 271 g/mol. The van der Waals surface area contributed by atoms with Crippen molar-refractivity contribution in [1.82, 2.24) is 10.3 Å². The molecule has 1 saturated carbocycles. The molecule has 1 heterocycles. The van der Waals surface area contributed by atoms with E-state index in [0.29, 0.717) is 6.04 Å². The highest BCUT2D eigenvalue weighted by Crippen LogP contribution is 2.23. The summed E-state index contributed by atoms with van der Waals surface area (Å²) < 4.78 is 0. The van der Waals surface area contributed by atoms with Crippen molar-refractivity contribution in [3.8, 4) is 0 Å². The van der Waals surface area contributed by atoms with Crippen LogP contribution < -0.4 is 10.6 Å². The number of fused-ring (bicyclic) bond motifs is 1. The minimum atomic E-state index is -0.101. The Balaban J connectivity index is 1.58. The number of aromatic nitrogens is 1. The molecule has 0 radical (unpaired) electrons. The minimum Gasteiger partial charge on any atom is -0.361 e. The van der Waals surface area contributed by atoms with Crippen LogP contribution in [0.15, 0.2) is 30.5 Å². The van der Waals surface area contributed by atoms with Crippen molar-refractivity contribution in [2.24, 2.45) is 5.92 Å². The Morgan fingerprint density at radius 3 is 2.80 bits per heavy atom. The highest BCUT2D eigenvalue weighted by atomic mass is 16.2. The zero-order valence-corrected chi connectivity index (χ0v) is 11.8. The first-order chi connectivity index (χ1) is 9.70. The summed E-state index contributed by atoms with van der Waals surface area (Å²) in [5, 5.41) is 7.13. The van der Waals surface area contributed by atoms with Gasteiger partial charge in [-0.25, -0.2) is 4.79 Å². The van der Waals surface area contributed by atoms with Crippen molar-refractivity contribution in [3.05, 3.63) is 30.5 Å². The highest BCUT2D eigenvalue weighted by molar-refractivity contribution is 5.92. The van der Waals surface area contributed by atoms with Gasteiger partial charge in [0.15, 0.2) is 0 Å². The first-order valence-electron chi connectivity index (χ1n) is 7.35. The van der Waals surface area contributed by atoms with E-state index in [1.807, 2.05) is 30.5 Å². The zero-order valence-electron chi connectivity index (χ0n) is 11.8. The van der Waals surface area contributed by atoms with Gasteiger partial charge in [-0.2, -0.15) is 0 Å². The molecule has 1 aliphatic carbocycles. The fourth-order valence-corrected chi connectivity index (χ4v) is 2.88. The molecule has 0 unspecified atom stereocenters. The van der Waals surface area contributed by atoms with Crippen LogP contribution in [0.5, 0.6) is 0 Å². The van der Waals surface area contributed by atoms with E-state index in [0.717, 1.165) is 35.3 Å². The van der Waals surface area contributed by atoms with Crippen LogP contribution in [0.4, 0.5) is 10.5 Å². The molecule has 0 bridgehead atoms. The number of urea groups is 1. The Bertz CT molecular complexity index is 597. The SMILES string of the molecule is CC1CCC(NC(=O)Nc2ccc3cc[nH]c3c2)CC1. The summed E-state index contributed by atoms with van der Waals surface area (Å²) in [5.74, 6) is 0.798. The van der Waals surface area contributed by atoms with E-state index < -0.39 is 0 Å². The van der Waals surface area contributed by atoms with E-state index in [1.165, 1.54) is 12.8 Å². The monoisotopic (exact) mass is 271 g/mol. The number of hydrogen-bond acceptors (Lipinski definition) is 1. The number of nitrogens with one attached hydrogen (secondary N) is 3. The second-order valence-electron chi connectivity index (χ2n) is 5.83. The van der Waals surface area contributed by atoms with Gasteiger partial charge in [0.1, 0.15) is 0 Å². The Morgan fingerprint density at radius 2 is 2.00 bits per heavy atom. The summed E-state index contributed by atoms with van der Waals surface area (Å²) in [6.07, 6.45) is 6.49. The molecule has 3 N–H and O–H groups in total. The molecule has 2 amide bonds. The van der Waals surface area contributed by atoms with Gasteiger partial charge >= 0.3 is 6.03 Å². The van der Waals surface area contributed by atoms with Crippen molar-refractivity contribution >= 4 is 22.6 Å². The van der Waals surface area contributed by atoms with E-state index in [4.69, 9.17) is 0 Å². The van der Waals surface area contributed by atoms with Crippen molar-refractivity contribution in [1.29, 1.82) is 0 Å². The number of H-pyrrole nitrogens is 1. The van der Waals surface area contributed by atoms with E-state index in [-0.39, 0.29) is 6.03 Å². The Labute approximate surface area is 118 Å². The van der Waals surface area contributed by atoms with Crippen LogP contribution in [0.2, 0.25) is 0 Å². The molecule has 0 spiro atoms. The maximum atomic E-state index is 12.0. The molecule has 2 aromatic rings. The number of rotatable bonds is 2. The molecular formula is C16H21N3O. The molecule has 1 aromatic heterocycles. The molecule has 4 nitrogen and oxygen atoms in total. The molecular weight excluding hydrogens is 250 g/mol. The lowest BCUT2D eigenvalue weighted by Gasteiger charge is -2.26. The Kier molecular flexibility index (Phi) is 3.63. The number of carbonyl (C=O) groups excluding carboxylic acids is 1. The maximum Gasteiger partial charge on any atom is 0.319 e. The van der Waals surface area contributed by atoms with Crippen LogP contribution in [-0.4, -0.2) is 17.1 Å². The van der Waals surface area contributed by atoms with Crippen LogP contribution >= 0.6 is 0 Å². The molecule has 1 aliphatic rings. The number of benzene rings is 1. The van der Waals surface area contributed by atoms with Gasteiger partial charge < -0.3 is 15.6 Å². The van der Waals surface area contributed by atoms with Gasteiger partial charge in [0.2, 0.25) is 0 Å². The molecule has 20 heavy (non-hydrogen) atoms. The second kappa shape index (κ2) is 5.57. The summed E-state index contributed by atoms with van der Waals surface area (Å²) in [4.78, 5) is 15.2. The summed E-state index contributed by atoms with van der Waals surface area (Å²) in [6, 6.07) is 8.12. The van der Waals surface area contributed by atoms with Gasteiger partial charge in [-0.1, -0.05) is 13.0 Å². The van der Waals surface area contributed by atoms with Crippen LogP contribution in [-0.2, 0) is 0 Å². The summed E-state index contributed by atoms with van der Waals surface area (Å²) in [6.45, 7) is 2.28. The molecule has 3 rings (SSSR count). The lowest BCUT2D eigenvalue weighted by molar-refractivity contribution is 0.239. The summed E-state index contributed by atoms with van der Waals surface area (Å²) >= 11 is 0. The van der Waals surface area contributed by atoms with E-state index in [9.17, 15) is 4.79 Å². The molecule has 0 saturated heterocycles. The third-order valence-corrected chi connectivity index (χ3v) is 4.16. The molecule has 0 aliphatic heterocycles. The number of carbonyl (C=O) groups is 1. The van der Waals surface area contributed by atoms with Gasteiger partial charge in [-0.3, -0.25) is 0 Å². The lowest BCUT2D eigenvalue weighted by Crippen LogP contribution is -2.39. The van der Waals surface area contributed by atoms with Crippen LogP contribution in [0.3, 0.4) is 0 Å². The second-order valence-corrected chi connectivity index (χ2v) is 5.83. The zero-order chi connectivity index (χ0) is 13.9. The van der Waals surface area contributed by atoms with Crippen LogP contribution in [0.25, 0.3) is 10.9 Å². The smallest absolute Gasteiger partial charge is 0.319 e. The number of anilines is 1. The molecule has 1 fully saturated rings. The topological polar surface area (TPSA) is 56.9 Å². The van der Waals surface area contributed by atoms with Crippen molar-refractivity contribution < 1.29 is 4.79 Å². The van der Waals surface area contributed by atoms with Crippen molar-refractivity contribution in [3.63, 3.8) is 0 Å². The molecule has 1 aromatic carbocycles. The third kappa shape index (κ3) is 2.95. The summed E-state index contributed by atoms with van der Waals surface area (Å²) in [7, 11) is 0. The standard InChI is InChI=1S/C16H21N3O/c1-11-2-5-13(6-3-11)18-16(20)19-14-7-4-12-8-9-17-15(12)10-14/h4,7-11,13,17H,2-3,5-6H2,1H3,(H2,18,19,20). The number of aromatic amines is 1. The molecule has 0 atom stereocenters. The summed E-state index contributed by atoms with van der Waals surface area (Å²) in [5.41, 5.74) is 1.86. The quantitative estimate of drug-likeness (QED) is 0.763. The van der Waals surface area contributed by atoms with Gasteiger partial charge in [0, 0.05) is 23.4 Å². The molecule has 4 heteroatoms. The fraction of sp³-hybridized carbons (Fsp3) is 0.438. The largest absolute Gasteiger partial charge is 0.361 e. The predicted molar refractivity (Wildman–Crippen MR) is 81.9 cm³/mol. The first-order valence-corrected chi connectivity index (χ1v) is 7.35. The van der Waals surface area contributed by atoms with Gasteiger partial charge in [0.25, 0.3) is 0 Å². The first kappa shape index (κ1) is 13.0.